The topological polar surface area (TPSA) is 231 Å². The Kier molecular flexibility index (Phi) is 10.4. The van der Waals surface area contributed by atoms with Crippen LogP contribution in [-0.4, -0.2) is 76.2 Å². The minimum absolute atomic E-state index is 0.230. The van der Waals surface area contributed by atoms with E-state index in [1.165, 1.54) is 0 Å². The summed E-state index contributed by atoms with van der Waals surface area (Å²) in [4.78, 5) is 67.5. The van der Waals surface area contributed by atoms with Gasteiger partial charge in [0.05, 0.1) is 25.4 Å². The van der Waals surface area contributed by atoms with E-state index in [-0.39, 0.29) is 5.75 Å². The van der Waals surface area contributed by atoms with Crippen molar-refractivity contribution in [1.29, 1.82) is 0 Å². The highest BCUT2D eigenvalue weighted by atomic mass is 32.1. The summed E-state index contributed by atoms with van der Waals surface area (Å²) in [7, 11) is 0. The summed E-state index contributed by atoms with van der Waals surface area (Å²) in [5.74, 6) is -6.65. The Balaban J connectivity index is 4.64. The van der Waals surface area contributed by atoms with Crippen molar-refractivity contribution in [2.45, 2.75) is 31.0 Å². The molecule has 4 amide bonds. The normalized spacial score (nSPS) is 13.6. The fourth-order valence-electron chi connectivity index (χ4n) is 1.69. The first kappa shape index (κ1) is 24.1. The molecule has 152 valence electrons. The Hall–Kier alpha value is -2.87. The molecular formula is C13H21N5O8S. The molecule has 0 aromatic carbocycles. The number of carboxylic acids is 2. The molecule has 0 spiro atoms. The lowest BCUT2D eigenvalue weighted by atomic mass is 10.2. The standard InChI is InChI=1S/C13H21N5O8S/c14-5(1-8(15)19)11(23)16-3-9(20)17-7(4-27)12(24)18-6(13(25)26)2-10(21)22/h5-7,27H,1-4,14H2,(H2,15,19)(H,16,23)(H,17,20)(H,18,24)(H,21,22)(H,25,26). The molecule has 9 N–H and O–H groups in total. The van der Waals surface area contributed by atoms with Crippen molar-refractivity contribution in [3.63, 3.8) is 0 Å². The van der Waals surface area contributed by atoms with Gasteiger partial charge >= 0.3 is 11.9 Å². The van der Waals surface area contributed by atoms with Crippen LogP contribution in [0.5, 0.6) is 0 Å². The lowest BCUT2D eigenvalue weighted by molar-refractivity contribution is -0.147. The molecule has 3 unspecified atom stereocenters. The van der Waals surface area contributed by atoms with Crippen molar-refractivity contribution < 1.29 is 39.0 Å². The average molecular weight is 407 g/mol. The van der Waals surface area contributed by atoms with Gasteiger partial charge in [0.25, 0.3) is 0 Å². The van der Waals surface area contributed by atoms with Crippen LogP contribution in [0.2, 0.25) is 0 Å². The molecule has 0 aliphatic carbocycles. The van der Waals surface area contributed by atoms with Crippen LogP contribution in [0.25, 0.3) is 0 Å². The zero-order valence-corrected chi connectivity index (χ0v) is 14.9. The number of rotatable bonds is 12. The number of amides is 4. The maximum Gasteiger partial charge on any atom is 0.326 e. The molecule has 0 rings (SSSR count). The van der Waals surface area contributed by atoms with Gasteiger partial charge in [-0.1, -0.05) is 0 Å². The Labute approximate surface area is 158 Å². The van der Waals surface area contributed by atoms with Gasteiger partial charge in [0.15, 0.2) is 0 Å². The number of hydrogen-bond donors (Lipinski definition) is 8. The van der Waals surface area contributed by atoms with Crippen LogP contribution >= 0.6 is 12.6 Å². The molecular weight excluding hydrogens is 386 g/mol. The molecule has 0 aliphatic heterocycles. The molecule has 0 heterocycles. The third-order valence-corrected chi connectivity index (χ3v) is 3.37. The summed E-state index contributed by atoms with van der Waals surface area (Å²) in [6.45, 7) is -0.583. The number of nitrogens with one attached hydrogen (secondary N) is 3. The fourth-order valence-corrected chi connectivity index (χ4v) is 1.95. The van der Waals surface area contributed by atoms with Crippen LogP contribution in [0.4, 0.5) is 0 Å². The Morgan fingerprint density at radius 1 is 0.926 bits per heavy atom. The summed E-state index contributed by atoms with van der Waals surface area (Å²) in [5, 5.41) is 23.8. The molecule has 0 fully saturated rings. The summed E-state index contributed by atoms with van der Waals surface area (Å²) in [5.41, 5.74) is 10.3. The zero-order valence-electron chi connectivity index (χ0n) is 14.0. The minimum atomic E-state index is -1.69. The highest BCUT2D eigenvalue weighted by Gasteiger charge is 2.27. The third-order valence-electron chi connectivity index (χ3n) is 3.01. The largest absolute Gasteiger partial charge is 0.481 e. The molecule has 0 aromatic heterocycles. The van der Waals surface area contributed by atoms with Crippen LogP contribution in [0.15, 0.2) is 0 Å². The van der Waals surface area contributed by atoms with Gasteiger partial charge in [-0.2, -0.15) is 12.6 Å². The number of primary amides is 1. The summed E-state index contributed by atoms with van der Waals surface area (Å²) >= 11 is 3.85. The zero-order chi connectivity index (χ0) is 21.1. The molecule has 0 saturated carbocycles. The van der Waals surface area contributed by atoms with E-state index >= 15 is 0 Å². The minimum Gasteiger partial charge on any atom is -0.481 e. The van der Waals surface area contributed by atoms with Gasteiger partial charge in [-0.3, -0.25) is 24.0 Å². The molecule has 0 aliphatic rings. The van der Waals surface area contributed by atoms with E-state index < -0.39 is 73.1 Å². The molecule has 0 saturated heterocycles. The van der Waals surface area contributed by atoms with Crippen molar-refractivity contribution >= 4 is 48.2 Å². The summed E-state index contributed by atoms with van der Waals surface area (Å²) in [6.07, 6.45) is -1.28. The average Bonchev–Trinajstić information content (AvgIpc) is 2.55. The van der Waals surface area contributed by atoms with Crippen LogP contribution in [0, 0.1) is 0 Å². The number of carbonyl (C=O) groups excluding carboxylic acids is 4. The van der Waals surface area contributed by atoms with Crippen molar-refractivity contribution in [3.05, 3.63) is 0 Å². The summed E-state index contributed by atoms with van der Waals surface area (Å²) in [6, 6.07) is -4.22. The van der Waals surface area contributed by atoms with E-state index in [1.807, 2.05) is 5.32 Å². The van der Waals surface area contributed by atoms with E-state index in [9.17, 15) is 28.8 Å². The molecule has 27 heavy (non-hydrogen) atoms. The van der Waals surface area contributed by atoms with E-state index in [0.29, 0.717) is 0 Å². The SMILES string of the molecule is NC(=O)CC(N)C(=O)NCC(=O)NC(CS)C(=O)NC(CC(=O)O)C(=O)O. The van der Waals surface area contributed by atoms with Crippen LogP contribution in [-0.2, 0) is 28.8 Å². The number of hydrogen-bond acceptors (Lipinski definition) is 8. The molecule has 0 bridgehead atoms. The van der Waals surface area contributed by atoms with Gasteiger partial charge in [0.1, 0.15) is 12.1 Å². The lowest BCUT2D eigenvalue weighted by Gasteiger charge is -2.19. The van der Waals surface area contributed by atoms with Gasteiger partial charge in [-0.25, -0.2) is 4.79 Å². The van der Waals surface area contributed by atoms with Gasteiger partial charge in [0.2, 0.25) is 23.6 Å². The highest BCUT2D eigenvalue weighted by Crippen LogP contribution is 1.96. The Morgan fingerprint density at radius 2 is 1.52 bits per heavy atom. The first-order chi connectivity index (χ1) is 12.5. The Morgan fingerprint density at radius 3 is 1.96 bits per heavy atom. The fraction of sp³-hybridized carbons (Fsp3) is 0.538. The Bertz CT molecular complexity index is 614. The van der Waals surface area contributed by atoms with Crippen molar-refractivity contribution in [2.24, 2.45) is 11.5 Å². The van der Waals surface area contributed by atoms with Crippen LogP contribution < -0.4 is 27.4 Å². The molecule has 0 radical (unpaired) electrons. The highest BCUT2D eigenvalue weighted by molar-refractivity contribution is 7.80. The maximum absolute atomic E-state index is 12.0. The predicted octanol–water partition coefficient (Wildman–Crippen LogP) is -4.24. The van der Waals surface area contributed by atoms with Gasteiger partial charge < -0.3 is 37.6 Å². The van der Waals surface area contributed by atoms with Crippen molar-refractivity contribution in [1.82, 2.24) is 16.0 Å². The number of thiol groups is 1. The van der Waals surface area contributed by atoms with E-state index in [2.05, 4.69) is 23.3 Å². The quantitative estimate of drug-likeness (QED) is 0.146. The number of carbonyl (C=O) groups is 6. The second kappa shape index (κ2) is 11.7. The first-order valence-corrected chi connectivity index (χ1v) is 8.07. The molecule has 3 atom stereocenters. The summed E-state index contributed by atoms with van der Waals surface area (Å²) < 4.78 is 0. The van der Waals surface area contributed by atoms with Crippen LogP contribution in [0.1, 0.15) is 12.8 Å². The third kappa shape index (κ3) is 10.0. The number of nitrogens with two attached hydrogens (primary N) is 2. The van der Waals surface area contributed by atoms with Gasteiger partial charge in [-0.15, -0.1) is 0 Å². The molecule has 14 heteroatoms. The van der Waals surface area contributed by atoms with E-state index in [1.54, 1.807) is 0 Å². The molecule has 13 nitrogen and oxygen atoms in total. The van der Waals surface area contributed by atoms with Gasteiger partial charge in [-0.05, 0) is 0 Å². The monoisotopic (exact) mass is 407 g/mol. The van der Waals surface area contributed by atoms with Crippen molar-refractivity contribution in [3.8, 4) is 0 Å². The number of carboxylic acid groups (broad SMARTS) is 2. The van der Waals surface area contributed by atoms with E-state index in [4.69, 9.17) is 21.7 Å². The number of aliphatic carboxylic acids is 2. The molecule has 0 aromatic rings. The second-order valence-electron chi connectivity index (χ2n) is 5.29. The lowest BCUT2D eigenvalue weighted by Crippen LogP contribution is -2.54. The van der Waals surface area contributed by atoms with Gasteiger partial charge in [0, 0.05) is 5.75 Å². The second-order valence-corrected chi connectivity index (χ2v) is 5.66. The predicted molar refractivity (Wildman–Crippen MR) is 92.4 cm³/mol. The maximum atomic E-state index is 12.0. The van der Waals surface area contributed by atoms with Crippen molar-refractivity contribution in [2.75, 3.05) is 12.3 Å². The van der Waals surface area contributed by atoms with Crippen LogP contribution in [0.3, 0.4) is 0 Å². The van der Waals surface area contributed by atoms with E-state index in [0.717, 1.165) is 0 Å². The smallest absolute Gasteiger partial charge is 0.326 e. The first-order valence-electron chi connectivity index (χ1n) is 7.44.